The number of rotatable bonds is 6. The molecule has 5 radical (unpaired) electrons. The van der Waals surface area contributed by atoms with Crippen molar-refractivity contribution in [2.45, 2.75) is 34.1 Å². The van der Waals surface area contributed by atoms with Gasteiger partial charge in [0.2, 0.25) is 0 Å². The van der Waals surface area contributed by atoms with Crippen LogP contribution in [0.5, 0.6) is 11.5 Å². The monoisotopic (exact) mass is 457 g/mol. The van der Waals surface area contributed by atoms with Gasteiger partial charge < -0.3 is 5.11 Å². The third kappa shape index (κ3) is 5.11. The minimum absolute atomic E-state index is 0.0723. The van der Waals surface area contributed by atoms with Crippen LogP contribution in [0.4, 0.5) is 9.18 Å². The number of hydrogen-bond acceptors (Lipinski definition) is 6. The van der Waals surface area contributed by atoms with Crippen molar-refractivity contribution in [3.63, 3.8) is 0 Å². The van der Waals surface area contributed by atoms with Gasteiger partial charge in [-0.3, -0.25) is 0 Å². The molecular weight excluding hydrogens is 434 g/mol. The summed E-state index contributed by atoms with van der Waals surface area (Å²) in [6.45, 7) is 7.74. The first-order valence-corrected chi connectivity index (χ1v) is 13.0. The van der Waals surface area contributed by atoms with Gasteiger partial charge in [0.05, 0.1) is 0 Å². The third-order valence-corrected chi connectivity index (χ3v) is 7.79. The predicted octanol–water partition coefficient (Wildman–Crippen LogP) is 4.96. The van der Waals surface area contributed by atoms with E-state index in [0.717, 1.165) is 27.9 Å². The Kier molecular flexibility index (Phi) is 6.83. The fraction of sp³-hybridized carbons (Fsp3) is 0.240. The molecule has 1 aliphatic rings. The Balaban J connectivity index is 1.59. The number of oxime groups is 1. The average Bonchev–Trinajstić information content (AvgIpc) is 3.21. The first-order chi connectivity index (χ1) is 15.7. The van der Waals surface area contributed by atoms with Gasteiger partial charge in [0.15, 0.2) is 0 Å². The van der Waals surface area contributed by atoms with Crippen LogP contribution < -0.4 is 4.74 Å². The minimum atomic E-state index is -1.75. The van der Waals surface area contributed by atoms with Gasteiger partial charge in [0.1, 0.15) is 0 Å². The second-order valence-corrected chi connectivity index (χ2v) is 11.2. The molecule has 8 heteroatoms. The van der Waals surface area contributed by atoms with Gasteiger partial charge in [-0.05, 0) is 31.0 Å². The van der Waals surface area contributed by atoms with E-state index in [-0.39, 0.29) is 21.3 Å². The molecule has 0 atom stereocenters. The van der Waals surface area contributed by atoms with Gasteiger partial charge in [-0.25, -0.2) is 0 Å². The Morgan fingerprint density at radius 1 is 1.06 bits per heavy atom. The van der Waals surface area contributed by atoms with Gasteiger partial charge in [-0.1, -0.05) is 12.1 Å². The molecule has 0 fully saturated rings. The molecule has 0 unspecified atom stereocenters. The molecule has 2 aromatic carbocycles. The molecule has 0 bridgehead atoms. The van der Waals surface area contributed by atoms with Crippen molar-refractivity contribution in [2.75, 3.05) is 6.61 Å². The van der Waals surface area contributed by atoms with E-state index in [9.17, 15) is 9.90 Å². The minimum Gasteiger partial charge on any atom is -0.506 e. The zero-order valence-electron chi connectivity index (χ0n) is 19.3. The summed E-state index contributed by atoms with van der Waals surface area (Å²) in [5, 5.41) is 14.1. The number of benzene rings is 2. The molecule has 33 heavy (non-hydrogen) atoms. The molecule has 165 valence electrons. The van der Waals surface area contributed by atoms with E-state index in [1.54, 1.807) is 25.1 Å². The number of aromatic nitrogens is 1. The van der Waals surface area contributed by atoms with Crippen LogP contribution in [0.2, 0.25) is 0 Å². The van der Waals surface area contributed by atoms with E-state index in [4.69, 9.17) is 4.74 Å². The number of carbonyl (C=O) groups is 1. The number of aromatic hydroxyl groups is 1. The summed E-state index contributed by atoms with van der Waals surface area (Å²) in [6.07, 6.45) is 0.414. The van der Waals surface area contributed by atoms with Crippen molar-refractivity contribution >= 4 is 32.5 Å². The third-order valence-electron chi connectivity index (χ3n) is 6.15. The Bertz CT molecular complexity index is 1290. The molecule has 0 aliphatic carbocycles. The normalized spacial score (nSPS) is 13.1. The van der Waals surface area contributed by atoms with Crippen LogP contribution in [0, 0.1) is 33.5 Å². The molecule has 0 amide bonds. The van der Waals surface area contributed by atoms with Crippen molar-refractivity contribution in [2.24, 2.45) is 5.16 Å². The summed E-state index contributed by atoms with van der Waals surface area (Å²) in [5.41, 5.74) is 6.52. The fourth-order valence-corrected chi connectivity index (χ4v) is 5.09. The Labute approximate surface area is 205 Å². The van der Waals surface area contributed by atoms with Crippen LogP contribution in [-0.2, 0) is 11.3 Å². The number of nitrogens with zero attached hydrogens (tertiary/aromatic N) is 2. The number of carbonyl (C=O) groups excluding carboxylic acids is 1. The Morgan fingerprint density at radius 3 is 2.55 bits per heavy atom. The van der Waals surface area contributed by atoms with Crippen LogP contribution in [0.1, 0.15) is 33.5 Å². The molecular formula is C25H23FN2NaO4. The number of hydrogen-bond donors (Lipinski definition) is 1. The van der Waals surface area contributed by atoms with Crippen LogP contribution >= 0.6 is 0 Å². The standard InChI is InChI=1S/C25H23FN2O4.Na/c1-15-5-6-19(11-16(15)2)25-22(30)8-7-20(28-25)13-21-17(3)12-23(24(26)18(21)4)31-10-9-27-32-14-29;/h5-8,11-12,30H,10,13H2,1-4H3;. The summed E-state index contributed by atoms with van der Waals surface area (Å²) >= 11 is -1.75. The van der Waals surface area contributed by atoms with Gasteiger partial charge in [-0.15, -0.1) is 0 Å². The van der Waals surface area contributed by atoms with Gasteiger partial charge >= 0.3 is 157 Å². The second-order valence-electron chi connectivity index (χ2n) is 8.70. The maximum atomic E-state index is 15.1. The van der Waals surface area contributed by atoms with Crippen LogP contribution in [0.25, 0.3) is 11.3 Å². The first kappa shape index (κ1) is 23.4. The number of halogens is 1. The molecule has 0 saturated heterocycles. The van der Waals surface area contributed by atoms with E-state index in [0.29, 0.717) is 20.6 Å². The fourth-order valence-electron chi connectivity index (χ4n) is 3.96. The molecule has 3 aromatic rings. The van der Waals surface area contributed by atoms with E-state index in [2.05, 4.69) is 15.0 Å². The molecule has 0 spiro atoms. The summed E-state index contributed by atoms with van der Waals surface area (Å²) in [7, 11) is 0. The zero-order chi connectivity index (χ0) is 23.7. The Hall–Kier alpha value is -2.74. The smallest absolute Gasteiger partial charge is 0.506 e. The molecule has 1 aliphatic heterocycles. The Morgan fingerprint density at radius 2 is 1.85 bits per heavy atom. The molecule has 4 rings (SSSR count). The average molecular weight is 457 g/mol. The molecule has 2 heterocycles. The van der Waals surface area contributed by atoms with Gasteiger partial charge in [0.25, 0.3) is 0 Å². The van der Waals surface area contributed by atoms with Crippen molar-refractivity contribution in [1.82, 2.24) is 4.98 Å². The van der Waals surface area contributed by atoms with Gasteiger partial charge in [-0.2, -0.15) is 0 Å². The number of ether oxygens (including phenoxy) is 1. The van der Waals surface area contributed by atoms with Crippen molar-refractivity contribution in [3.8, 4) is 22.8 Å². The molecule has 6 nitrogen and oxygen atoms in total. The van der Waals surface area contributed by atoms with E-state index < -0.39 is 32.1 Å². The molecule has 1 aromatic heterocycles. The van der Waals surface area contributed by atoms with E-state index in [1.807, 2.05) is 39.0 Å². The van der Waals surface area contributed by atoms with Crippen LogP contribution in [0.3, 0.4) is 0 Å². The van der Waals surface area contributed by atoms with Crippen molar-refractivity contribution in [1.29, 1.82) is 0 Å². The summed E-state index contributed by atoms with van der Waals surface area (Å²) in [5.74, 6) is -0.204. The first-order valence-electron chi connectivity index (χ1n) is 11.0. The van der Waals surface area contributed by atoms with Crippen LogP contribution in [-0.4, -0.2) is 49.2 Å². The molecule has 0 saturated carbocycles. The van der Waals surface area contributed by atoms with E-state index in [1.165, 1.54) is 5.56 Å². The molecule has 1 N–H and O–H groups in total. The van der Waals surface area contributed by atoms with Crippen molar-refractivity contribution < 1.29 is 23.9 Å². The maximum absolute atomic E-state index is 15.1. The quantitative estimate of drug-likeness (QED) is 0.418. The van der Waals surface area contributed by atoms with Gasteiger partial charge in [0, 0.05) is 0 Å². The predicted molar refractivity (Wildman–Crippen MR) is 125 cm³/mol. The SMILES string of the molecule is Cc1ccc(-c2nc(Cc3c(C)cc(OC[C]4=NO[C](=O)[Na]4)c(F)c3C)ccc2O)cc1C. The zero-order valence-corrected chi connectivity index (χ0v) is 21.3. The summed E-state index contributed by atoms with van der Waals surface area (Å²) in [4.78, 5) is 20.5. The number of aryl methyl sites for hydroxylation is 3. The second kappa shape index (κ2) is 9.63. The van der Waals surface area contributed by atoms with E-state index >= 15 is 4.39 Å². The summed E-state index contributed by atoms with van der Waals surface area (Å²) < 4.78 is 21.1. The number of pyridine rings is 1. The van der Waals surface area contributed by atoms with Crippen molar-refractivity contribution in [3.05, 3.63) is 75.7 Å². The van der Waals surface area contributed by atoms with Crippen LogP contribution in [0.15, 0.2) is 41.6 Å². The topological polar surface area (TPSA) is 81.0 Å². The summed E-state index contributed by atoms with van der Waals surface area (Å²) in [6, 6.07) is 11.0.